The average Bonchev–Trinajstić information content (AvgIpc) is 3.13. The lowest BCUT2D eigenvalue weighted by atomic mass is 10.00. The van der Waals surface area contributed by atoms with Gasteiger partial charge in [-0.1, -0.05) is 12.1 Å². The number of pyridine rings is 1. The lowest BCUT2D eigenvalue weighted by Crippen LogP contribution is -2.56. The molecule has 0 aliphatic carbocycles. The van der Waals surface area contributed by atoms with Crippen molar-refractivity contribution < 1.29 is 18.7 Å². The molecule has 1 unspecified atom stereocenters. The highest BCUT2D eigenvalue weighted by Crippen LogP contribution is 2.32. The average molecular weight is 383 g/mol. The van der Waals surface area contributed by atoms with Gasteiger partial charge in [-0.3, -0.25) is 14.6 Å². The van der Waals surface area contributed by atoms with Gasteiger partial charge >= 0.3 is 0 Å². The summed E-state index contributed by atoms with van der Waals surface area (Å²) in [5.74, 6) is -0.513. The first-order valence-corrected chi connectivity index (χ1v) is 9.41. The zero-order valence-electron chi connectivity index (χ0n) is 15.5. The number of aryl methyl sites for hydroxylation is 1. The van der Waals surface area contributed by atoms with Gasteiger partial charge in [-0.15, -0.1) is 0 Å². The largest absolute Gasteiger partial charge is 0.361 e. The molecule has 2 aliphatic heterocycles. The second kappa shape index (κ2) is 7.67. The second-order valence-electron chi connectivity index (χ2n) is 7.36. The van der Waals surface area contributed by atoms with Crippen LogP contribution in [0.5, 0.6) is 0 Å². The van der Waals surface area contributed by atoms with Crippen LogP contribution < -0.4 is 4.90 Å². The highest BCUT2D eigenvalue weighted by Gasteiger charge is 2.46. The van der Waals surface area contributed by atoms with Crippen LogP contribution >= 0.6 is 0 Å². The summed E-state index contributed by atoms with van der Waals surface area (Å²) in [5, 5.41) is 0. The minimum absolute atomic E-state index is 0.0613. The van der Waals surface area contributed by atoms with Crippen molar-refractivity contribution in [3.8, 4) is 0 Å². The molecule has 1 aromatic carbocycles. The summed E-state index contributed by atoms with van der Waals surface area (Å²) in [7, 11) is 0. The number of amides is 2. The number of hydrogen-bond donors (Lipinski definition) is 0. The van der Waals surface area contributed by atoms with Crippen LogP contribution in [-0.4, -0.2) is 53.5 Å². The number of aromatic nitrogens is 1. The maximum absolute atomic E-state index is 13.6. The number of nitrogens with zero attached hydrogens (tertiary/aromatic N) is 3. The third-order valence-corrected chi connectivity index (χ3v) is 5.39. The van der Waals surface area contributed by atoms with E-state index < -0.39 is 5.60 Å². The van der Waals surface area contributed by atoms with Crippen LogP contribution in [0, 0.1) is 5.82 Å². The molecule has 2 fully saturated rings. The molecule has 0 N–H and O–H groups in total. The highest BCUT2D eigenvalue weighted by molar-refractivity contribution is 5.95. The normalized spacial score (nSPS) is 22.1. The van der Waals surface area contributed by atoms with Crippen LogP contribution in [0.2, 0.25) is 0 Å². The molecule has 28 heavy (non-hydrogen) atoms. The van der Waals surface area contributed by atoms with Gasteiger partial charge in [0.25, 0.3) is 5.91 Å². The van der Waals surface area contributed by atoms with E-state index in [1.165, 1.54) is 12.1 Å². The van der Waals surface area contributed by atoms with Crippen molar-refractivity contribution in [2.75, 3.05) is 31.1 Å². The first-order valence-electron chi connectivity index (χ1n) is 9.41. The van der Waals surface area contributed by atoms with E-state index in [-0.39, 0.29) is 24.2 Å². The number of carbonyl (C=O) groups excluding carboxylic acids is 2. The zero-order valence-corrected chi connectivity index (χ0v) is 15.5. The van der Waals surface area contributed by atoms with Crippen LogP contribution in [0.15, 0.2) is 48.8 Å². The molecule has 3 heterocycles. The van der Waals surface area contributed by atoms with Crippen LogP contribution in [0.3, 0.4) is 0 Å². The Morgan fingerprint density at radius 2 is 2.14 bits per heavy atom. The van der Waals surface area contributed by atoms with Gasteiger partial charge in [-0.05, 0) is 42.7 Å². The molecule has 2 aromatic rings. The Kier molecular flexibility index (Phi) is 5.09. The van der Waals surface area contributed by atoms with E-state index in [0.29, 0.717) is 44.6 Å². The predicted octanol–water partition coefficient (Wildman–Crippen LogP) is 2.19. The molecule has 0 saturated carbocycles. The lowest BCUT2D eigenvalue weighted by Gasteiger charge is -2.40. The van der Waals surface area contributed by atoms with Gasteiger partial charge in [0, 0.05) is 31.0 Å². The van der Waals surface area contributed by atoms with Gasteiger partial charge in [0.1, 0.15) is 18.0 Å². The third-order valence-electron chi connectivity index (χ3n) is 5.39. The minimum Gasteiger partial charge on any atom is -0.361 e. The minimum atomic E-state index is -0.593. The molecular formula is C21H22FN3O3. The number of anilines is 1. The third kappa shape index (κ3) is 3.89. The maximum Gasteiger partial charge on any atom is 0.253 e. The number of hydrogen-bond acceptors (Lipinski definition) is 4. The van der Waals surface area contributed by atoms with E-state index >= 15 is 0 Å². The lowest BCUT2D eigenvalue weighted by molar-refractivity contribution is -0.139. The van der Waals surface area contributed by atoms with Crippen molar-refractivity contribution in [1.82, 2.24) is 9.88 Å². The molecule has 0 bridgehead atoms. The fourth-order valence-electron chi connectivity index (χ4n) is 3.85. The van der Waals surface area contributed by atoms with Crippen molar-refractivity contribution in [2.24, 2.45) is 0 Å². The van der Waals surface area contributed by atoms with Gasteiger partial charge in [0.2, 0.25) is 5.91 Å². The molecular weight excluding hydrogens is 361 g/mol. The standard InChI is InChI=1S/C21H22FN3O3/c22-17-4-1-5-18(11-17)25-15-21(28-13-20(25)27)8-10-24(14-21)19(26)7-6-16-3-2-9-23-12-16/h1-5,9,11-12H,6-8,10,13-15H2. The van der Waals surface area contributed by atoms with E-state index in [1.807, 2.05) is 12.1 Å². The van der Waals surface area contributed by atoms with Crippen molar-refractivity contribution in [2.45, 2.75) is 24.9 Å². The summed E-state index contributed by atoms with van der Waals surface area (Å²) in [6.07, 6.45) is 5.19. The first-order chi connectivity index (χ1) is 13.5. The molecule has 1 aromatic heterocycles. The van der Waals surface area contributed by atoms with Crippen LogP contribution in [0.1, 0.15) is 18.4 Å². The van der Waals surface area contributed by atoms with Crippen LogP contribution in [0.25, 0.3) is 0 Å². The molecule has 2 amide bonds. The number of ether oxygens (including phenoxy) is 1. The first kappa shape index (κ1) is 18.6. The number of morpholine rings is 1. The Labute approximate surface area is 162 Å². The molecule has 146 valence electrons. The topological polar surface area (TPSA) is 62.7 Å². The Hall–Kier alpha value is -2.80. The molecule has 0 radical (unpaired) electrons. The molecule has 2 saturated heterocycles. The summed E-state index contributed by atoms with van der Waals surface area (Å²) < 4.78 is 19.5. The number of benzene rings is 1. The highest BCUT2D eigenvalue weighted by atomic mass is 19.1. The number of carbonyl (C=O) groups is 2. The Morgan fingerprint density at radius 1 is 1.25 bits per heavy atom. The molecule has 2 aliphatic rings. The van der Waals surface area contributed by atoms with E-state index in [0.717, 1.165) is 5.56 Å². The molecule has 4 rings (SSSR count). The molecule has 7 heteroatoms. The monoisotopic (exact) mass is 383 g/mol. The fraction of sp³-hybridized carbons (Fsp3) is 0.381. The van der Waals surface area contributed by atoms with Gasteiger partial charge in [0.15, 0.2) is 0 Å². The summed E-state index contributed by atoms with van der Waals surface area (Å²) in [6, 6.07) is 9.82. The van der Waals surface area contributed by atoms with Crippen molar-refractivity contribution >= 4 is 17.5 Å². The molecule has 1 spiro atoms. The summed E-state index contributed by atoms with van der Waals surface area (Å²) in [5.41, 5.74) is 0.958. The van der Waals surface area contributed by atoms with E-state index in [2.05, 4.69) is 4.98 Å². The number of halogens is 1. The van der Waals surface area contributed by atoms with Gasteiger partial charge in [-0.2, -0.15) is 0 Å². The van der Waals surface area contributed by atoms with Crippen molar-refractivity contribution in [3.63, 3.8) is 0 Å². The number of likely N-dealkylation sites (tertiary alicyclic amines) is 1. The predicted molar refractivity (Wildman–Crippen MR) is 101 cm³/mol. The van der Waals surface area contributed by atoms with Crippen LogP contribution in [0.4, 0.5) is 10.1 Å². The van der Waals surface area contributed by atoms with Crippen LogP contribution in [-0.2, 0) is 20.7 Å². The summed E-state index contributed by atoms with van der Waals surface area (Å²) >= 11 is 0. The quantitative estimate of drug-likeness (QED) is 0.812. The summed E-state index contributed by atoms with van der Waals surface area (Å²) in [6.45, 7) is 1.30. The maximum atomic E-state index is 13.6. The van der Waals surface area contributed by atoms with Gasteiger partial charge in [-0.25, -0.2) is 4.39 Å². The smallest absolute Gasteiger partial charge is 0.253 e. The fourth-order valence-corrected chi connectivity index (χ4v) is 3.85. The Morgan fingerprint density at radius 3 is 2.93 bits per heavy atom. The van der Waals surface area contributed by atoms with E-state index in [9.17, 15) is 14.0 Å². The Balaban J connectivity index is 1.40. The summed E-state index contributed by atoms with van der Waals surface area (Å²) in [4.78, 5) is 32.4. The SMILES string of the molecule is O=C(CCc1cccnc1)N1CCC2(C1)CN(c1cccc(F)c1)C(=O)CO2. The van der Waals surface area contributed by atoms with E-state index in [1.54, 1.807) is 34.3 Å². The van der Waals surface area contributed by atoms with Crippen molar-refractivity contribution in [3.05, 3.63) is 60.2 Å². The van der Waals surface area contributed by atoms with Crippen molar-refractivity contribution in [1.29, 1.82) is 0 Å². The van der Waals surface area contributed by atoms with Gasteiger partial charge in [0.05, 0.1) is 13.1 Å². The van der Waals surface area contributed by atoms with E-state index in [4.69, 9.17) is 4.74 Å². The molecule has 1 atom stereocenters. The van der Waals surface area contributed by atoms with Gasteiger partial charge < -0.3 is 14.5 Å². The second-order valence-corrected chi connectivity index (χ2v) is 7.36. The Bertz CT molecular complexity index is 876. The molecule has 6 nitrogen and oxygen atoms in total. The zero-order chi connectivity index (χ0) is 19.6. The number of rotatable bonds is 4.